The van der Waals surface area contributed by atoms with Crippen molar-refractivity contribution in [3.8, 4) is 0 Å². The van der Waals surface area contributed by atoms with Gasteiger partial charge in [0.15, 0.2) is 16.2 Å². The molecule has 0 atom stereocenters. The molecule has 1 aromatic rings. The maximum absolute atomic E-state index is 11.9. The quantitative estimate of drug-likeness (QED) is 0.626. The van der Waals surface area contributed by atoms with E-state index >= 15 is 0 Å². The molecule has 1 heterocycles. The molecule has 1 aromatic carbocycles. The molecule has 0 fully saturated rings. The first-order valence-corrected chi connectivity index (χ1v) is 6.03. The number of hydrazone groups is 1. The number of benzene rings is 1. The molecule has 0 saturated heterocycles. The molecule has 18 heavy (non-hydrogen) atoms. The molecule has 5 nitrogen and oxygen atoms in total. The van der Waals surface area contributed by atoms with E-state index in [-0.39, 0.29) is 29.2 Å². The normalized spacial score (nSPS) is 15.6. The molecule has 0 radical (unpaired) electrons. The van der Waals surface area contributed by atoms with E-state index < -0.39 is 5.91 Å². The molecule has 0 unspecified atom stereocenters. The van der Waals surface area contributed by atoms with Gasteiger partial charge < -0.3 is 0 Å². The van der Waals surface area contributed by atoms with Gasteiger partial charge in [-0.2, -0.15) is 5.10 Å². The van der Waals surface area contributed by atoms with Crippen LogP contribution in [0.3, 0.4) is 0 Å². The van der Waals surface area contributed by atoms with Gasteiger partial charge in [0.2, 0.25) is 0 Å². The van der Waals surface area contributed by atoms with Crippen molar-refractivity contribution in [3.63, 3.8) is 0 Å². The highest BCUT2D eigenvalue weighted by Crippen LogP contribution is 2.11. The lowest BCUT2D eigenvalue weighted by Gasteiger charge is -2.20. The van der Waals surface area contributed by atoms with Crippen LogP contribution >= 0.6 is 15.9 Å². The summed E-state index contributed by atoms with van der Waals surface area (Å²) in [5.41, 5.74) is 0.508. The lowest BCUT2D eigenvalue weighted by molar-refractivity contribution is -0.134. The first-order valence-electron chi connectivity index (χ1n) is 5.24. The second-order valence-corrected chi connectivity index (χ2v) is 4.48. The fraction of sp³-hybridized carbons (Fsp3) is 0.167. The zero-order chi connectivity index (χ0) is 13.1. The Kier molecular flexibility index (Phi) is 3.66. The van der Waals surface area contributed by atoms with E-state index in [0.717, 1.165) is 5.01 Å². The molecule has 0 aromatic heterocycles. The smallest absolute Gasteiger partial charge is 0.251 e. The number of ketones is 2. The van der Waals surface area contributed by atoms with Crippen LogP contribution in [0.25, 0.3) is 0 Å². The highest BCUT2D eigenvalue weighted by molar-refractivity contribution is 9.19. The van der Waals surface area contributed by atoms with Crippen LogP contribution in [0.4, 0.5) is 0 Å². The summed E-state index contributed by atoms with van der Waals surface area (Å²) >= 11 is 2.96. The van der Waals surface area contributed by atoms with Gasteiger partial charge in [0.05, 0.1) is 6.42 Å². The van der Waals surface area contributed by atoms with Crippen molar-refractivity contribution < 1.29 is 14.4 Å². The van der Waals surface area contributed by atoms with Gasteiger partial charge in [0.25, 0.3) is 5.91 Å². The Morgan fingerprint density at radius 2 is 1.94 bits per heavy atom. The summed E-state index contributed by atoms with van der Waals surface area (Å²) in [5.74, 6) is -1.06. The third kappa shape index (κ3) is 2.70. The average Bonchev–Trinajstić information content (AvgIpc) is 2.37. The topological polar surface area (TPSA) is 66.8 Å². The van der Waals surface area contributed by atoms with Crippen LogP contribution in [-0.4, -0.2) is 33.6 Å². The predicted molar refractivity (Wildman–Crippen MR) is 68.5 cm³/mol. The van der Waals surface area contributed by atoms with Crippen LogP contribution in [0.15, 0.2) is 35.4 Å². The molecule has 0 N–H and O–H groups in total. The van der Waals surface area contributed by atoms with Gasteiger partial charge in [0.1, 0.15) is 6.54 Å². The van der Waals surface area contributed by atoms with Crippen molar-refractivity contribution in [2.75, 3.05) is 6.54 Å². The monoisotopic (exact) mass is 308 g/mol. The molecule has 2 rings (SSSR count). The lowest BCUT2D eigenvalue weighted by Crippen LogP contribution is -2.38. The van der Waals surface area contributed by atoms with Crippen molar-refractivity contribution in [1.82, 2.24) is 5.01 Å². The van der Waals surface area contributed by atoms with Crippen molar-refractivity contribution in [2.24, 2.45) is 5.10 Å². The zero-order valence-electron chi connectivity index (χ0n) is 9.30. The molecule has 1 aliphatic rings. The van der Waals surface area contributed by atoms with Crippen LogP contribution in [0.1, 0.15) is 16.8 Å². The van der Waals surface area contributed by atoms with E-state index in [9.17, 15) is 14.4 Å². The maximum Gasteiger partial charge on any atom is 0.251 e. The van der Waals surface area contributed by atoms with Crippen LogP contribution in [0, 0.1) is 0 Å². The van der Waals surface area contributed by atoms with E-state index in [0.29, 0.717) is 5.56 Å². The van der Waals surface area contributed by atoms with E-state index in [1.807, 2.05) is 0 Å². The summed E-state index contributed by atoms with van der Waals surface area (Å²) < 4.78 is 0.0722. The number of halogens is 1. The standard InChI is InChI=1S/C12H9BrN2O3/c13-12-9(16)6-11(18)15(14-12)7-10(17)8-4-2-1-3-5-8/h1-5H,6-7H2. The largest absolute Gasteiger partial charge is 0.292 e. The fourth-order valence-electron chi connectivity index (χ4n) is 1.49. The predicted octanol–water partition coefficient (Wildman–Crippen LogP) is 1.38. The Bertz CT molecular complexity index is 540. The summed E-state index contributed by atoms with van der Waals surface area (Å²) in [6.45, 7) is -0.161. The lowest BCUT2D eigenvalue weighted by atomic mass is 10.1. The average molecular weight is 309 g/mol. The third-order valence-corrected chi connectivity index (χ3v) is 3.03. The fourth-order valence-corrected chi connectivity index (χ4v) is 1.83. The molecule has 1 amide bonds. The van der Waals surface area contributed by atoms with Gasteiger partial charge in [0, 0.05) is 5.56 Å². The van der Waals surface area contributed by atoms with Crippen molar-refractivity contribution in [1.29, 1.82) is 0 Å². The molecule has 1 aliphatic heterocycles. The number of nitrogens with zero attached hydrogens (tertiary/aromatic N) is 2. The summed E-state index contributed by atoms with van der Waals surface area (Å²) in [7, 11) is 0. The van der Waals surface area contributed by atoms with Gasteiger partial charge in [-0.15, -0.1) is 0 Å². The van der Waals surface area contributed by atoms with Gasteiger partial charge in [-0.05, 0) is 15.9 Å². The third-order valence-electron chi connectivity index (χ3n) is 2.43. The Hall–Kier alpha value is -1.82. The number of carbonyl (C=O) groups excluding carboxylic acids is 3. The number of hydrogen-bond acceptors (Lipinski definition) is 4. The van der Waals surface area contributed by atoms with Gasteiger partial charge in [-0.1, -0.05) is 30.3 Å². The minimum absolute atomic E-state index is 0.0722. The molecule has 0 aliphatic carbocycles. The van der Waals surface area contributed by atoms with Crippen molar-refractivity contribution in [2.45, 2.75) is 6.42 Å². The molecule has 0 saturated carbocycles. The summed E-state index contributed by atoms with van der Waals surface area (Å²) in [4.78, 5) is 34.6. The van der Waals surface area contributed by atoms with Gasteiger partial charge in [-0.25, -0.2) is 5.01 Å². The number of amides is 1. The molecule has 92 valence electrons. The maximum atomic E-state index is 11.9. The Balaban J connectivity index is 2.13. The molecular formula is C12H9BrN2O3. The number of hydrogen-bond donors (Lipinski definition) is 0. The van der Waals surface area contributed by atoms with Crippen LogP contribution in [0.5, 0.6) is 0 Å². The molecule has 6 heteroatoms. The molecule has 0 bridgehead atoms. The Morgan fingerprint density at radius 3 is 2.61 bits per heavy atom. The SMILES string of the molecule is O=C1CC(=O)N(CC(=O)c2ccccc2)N=C1Br. The molecule has 0 spiro atoms. The van der Waals surface area contributed by atoms with Crippen LogP contribution in [-0.2, 0) is 9.59 Å². The van der Waals surface area contributed by atoms with Crippen molar-refractivity contribution >= 4 is 38.0 Å². The van der Waals surface area contributed by atoms with Gasteiger partial charge >= 0.3 is 0 Å². The zero-order valence-corrected chi connectivity index (χ0v) is 10.9. The van der Waals surface area contributed by atoms with E-state index in [1.165, 1.54) is 0 Å². The van der Waals surface area contributed by atoms with Crippen LogP contribution in [0.2, 0.25) is 0 Å². The summed E-state index contributed by atoms with van der Waals surface area (Å²) in [6, 6.07) is 8.62. The van der Waals surface area contributed by atoms with Crippen LogP contribution < -0.4 is 0 Å². The van der Waals surface area contributed by atoms with E-state index in [1.54, 1.807) is 30.3 Å². The summed E-state index contributed by atoms with van der Waals surface area (Å²) in [6.07, 6.45) is -0.258. The second-order valence-electron chi connectivity index (χ2n) is 3.73. The number of rotatable bonds is 3. The summed E-state index contributed by atoms with van der Waals surface area (Å²) in [5, 5.41) is 4.77. The number of carbonyl (C=O) groups is 3. The Morgan fingerprint density at radius 1 is 1.28 bits per heavy atom. The first kappa shape index (κ1) is 12.6. The highest BCUT2D eigenvalue weighted by atomic mass is 79.9. The minimum Gasteiger partial charge on any atom is -0.292 e. The Labute approximate surface area is 112 Å². The van der Waals surface area contributed by atoms with Gasteiger partial charge in [-0.3, -0.25) is 14.4 Å². The van der Waals surface area contributed by atoms with E-state index in [4.69, 9.17) is 0 Å². The van der Waals surface area contributed by atoms with Crippen molar-refractivity contribution in [3.05, 3.63) is 35.9 Å². The molecular weight excluding hydrogens is 300 g/mol. The van der Waals surface area contributed by atoms with E-state index in [2.05, 4.69) is 21.0 Å². The first-order chi connectivity index (χ1) is 8.58. The minimum atomic E-state index is -0.465. The number of Topliss-reactive ketones (excluding diaryl/α,β-unsaturated/α-hetero) is 2. The highest BCUT2D eigenvalue weighted by Gasteiger charge is 2.27. The second kappa shape index (κ2) is 5.22.